The molecule has 0 saturated carbocycles. The number of rotatable bonds is 10. The van der Waals surface area contributed by atoms with Crippen LogP contribution in [0.15, 0.2) is 42.5 Å². The smallest absolute Gasteiger partial charge is 0.231 e. The van der Waals surface area contributed by atoms with Gasteiger partial charge in [0.25, 0.3) is 0 Å². The van der Waals surface area contributed by atoms with Crippen molar-refractivity contribution in [2.45, 2.75) is 12.7 Å². The molecule has 0 saturated heterocycles. The maximum Gasteiger partial charge on any atom is 0.231 e. The Morgan fingerprint density at radius 1 is 1.19 bits per heavy atom. The zero-order valence-electron chi connectivity index (χ0n) is 15.3. The fraction of sp³-hybridized carbons (Fsp3) is 0.400. The Morgan fingerprint density at radius 3 is 2.85 bits per heavy atom. The van der Waals surface area contributed by atoms with Gasteiger partial charge in [0, 0.05) is 13.1 Å². The molecular formula is C20H24FNO5. The van der Waals surface area contributed by atoms with E-state index in [2.05, 4.69) is 0 Å². The average molecular weight is 377 g/mol. The summed E-state index contributed by atoms with van der Waals surface area (Å²) in [6.45, 7) is 2.17. The number of halogens is 1. The fourth-order valence-corrected chi connectivity index (χ4v) is 2.72. The Kier molecular flexibility index (Phi) is 6.86. The summed E-state index contributed by atoms with van der Waals surface area (Å²) in [5.74, 6) is 1.31. The molecule has 0 radical (unpaired) electrons. The lowest BCUT2D eigenvalue weighted by Crippen LogP contribution is -2.34. The van der Waals surface area contributed by atoms with E-state index in [1.807, 2.05) is 30.1 Å². The third-order valence-electron chi connectivity index (χ3n) is 4.11. The molecule has 1 atom stereocenters. The van der Waals surface area contributed by atoms with Crippen molar-refractivity contribution in [3.8, 4) is 17.2 Å². The van der Waals surface area contributed by atoms with Crippen LogP contribution in [0.2, 0.25) is 0 Å². The van der Waals surface area contributed by atoms with E-state index in [1.165, 1.54) is 6.07 Å². The quantitative estimate of drug-likeness (QED) is 0.686. The first-order valence-electron chi connectivity index (χ1n) is 8.82. The second-order valence-electron chi connectivity index (χ2n) is 6.40. The molecule has 1 aliphatic heterocycles. The molecule has 0 fully saturated rings. The highest BCUT2D eigenvalue weighted by Crippen LogP contribution is 2.32. The van der Waals surface area contributed by atoms with E-state index in [0.29, 0.717) is 32.1 Å². The molecule has 6 nitrogen and oxygen atoms in total. The molecule has 2 aromatic rings. The summed E-state index contributed by atoms with van der Waals surface area (Å²) in [7, 11) is 1.87. The number of aliphatic hydroxyl groups excluding tert-OH is 1. The van der Waals surface area contributed by atoms with Crippen molar-refractivity contribution in [3.05, 3.63) is 53.8 Å². The average Bonchev–Trinajstić information content (AvgIpc) is 3.11. The van der Waals surface area contributed by atoms with Gasteiger partial charge in [-0.25, -0.2) is 4.39 Å². The normalized spacial score (nSPS) is 13.8. The summed E-state index contributed by atoms with van der Waals surface area (Å²) in [5.41, 5.74) is 0.957. The monoisotopic (exact) mass is 377 g/mol. The zero-order chi connectivity index (χ0) is 19.1. The molecule has 0 amide bonds. The molecule has 0 aromatic heterocycles. The summed E-state index contributed by atoms with van der Waals surface area (Å²) < 4.78 is 35.1. The molecule has 0 bridgehead atoms. The Morgan fingerprint density at radius 2 is 2.00 bits per heavy atom. The lowest BCUT2D eigenvalue weighted by atomic mass is 10.2. The van der Waals surface area contributed by atoms with Crippen molar-refractivity contribution in [3.63, 3.8) is 0 Å². The minimum Gasteiger partial charge on any atom is -0.489 e. The van der Waals surface area contributed by atoms with Crippen molar-refractivity contribution >= 4 is 0 Å². The molecule has 0 spiro atoms. The summed E-state index contributed by atoms with van der Waals surface area (Å²) in [6.07, 6.45) is -0.627. The Labute approximate surface area is 158 Å². The number of likely N-dealkylation sites (N-methyl/N-ethyl adjacent to an activating group) is 1. The van der Waals surface area contributed by atoms with Crippen LogP contribution in [0.3, 0.4) is 0 Å². The first kappa shape index (κ1) is 19.4. The Bertz CT molecular complexity index is 742. The molecule has 1 heterocycles. The van der Waals surface area contributed by atoms with Gasteiger partial charge in [-0.1, -0.05) is 18.2 Å². The highest BCUT2D eigenvalue weighted by Gasteiger charge is 2.14. The molecular weight excluding hydrogens is 353 g/mol. The number of hydrogen-bond acceptors (Lipinski definition) is 6. The maximum absolute atomic E-state index is 13.5. The molecule has 3 rings (SSSR count). The minimum absolute atomic E-state index is 0.215. The number of ether oxygens (including phenoxy) is 4. The standard InChI is InChI=1S/C20H24FNO5/c1-22(8-9-25-18-5-3-2-4-17(18)21)11-16(23)13-24-12-15-6-7-19-20(10-15)27-14-26-19/h2-7,10,16,23H,8-9,11-14H2,1H3. The van der Waals surface area contributed by atoms with Gasteiger partial charge in [-0.05, 0) is 36.9 Å². The van der Waals surface area contributed by atoms with Gasteiger partial charge in [-0.15, -0.1) is 0 Å². The van der Waals surface area contributed by atoms with Gasteiger partial charge in [0.1, 0.15) is 6.61 Å². The van der Waals surface area contributed by atoms with Crippen LogP contribution in [0.1, 0.15) is 5.56 Å². The molecule has 146 valence electrons. The van der Waals surface area contributed by atoms with Crippen LogP contribution in [0.5, 0.6) is 17.2 Å². The van der Waals surface area contributed by atoms with E-state index in [9.17, 15) is 9.50 Å². The first-order valence-corrected chi connectivity index (χ1v) is 8.82. The van der Waals surface area contributed by atoms with E-state index in [1.54, 1.807) is 18.2 Å². The second kappa shape index (κ2) is 9.55. The Balaban J connectivity index is 1.31. The van der Waals surface area contributed by atoms with E-state index >= 15 is 0 Å². The number of nitrogens with zero attached hydrogens (tertiary/aromatic N) is 1. The highest BCUT2D eigenvalue weighted by atomic mass is 19.1. The predicted octanol–water partition coefficient (Wildman–Crippen LogP) is 2.44. The predicted molar refractivity (Wildman–Crippen MR) is 97.6 cm³/mol. The molecule has 1 N–H and O–H groups in total. The van der Waals surface area contributed by atoms with Gasteiger partial charge < -0.3 is 29.0 Å². The van der Waals surface area contributed by atoms with Crippen LogP contribution in [0.25, 0.3) is 0 Å². The lowest BCUT2D eigenvalue weighted by Gasteiger charge is -2.20. The molecule has 1 aliphatic rings. The maximum atomic E-state index is 13.5. The SMILES string of the molecule is CN(CCOc1ccccc1F)CC(O)COCc1ccc2c(c1)OCO2. The van der Waals surface area contributed by atoms with Crippen molar-refractivity contribution in [1.82, 2.24) is 4.90 Å². The Hall–Kier alpha value is -2.35. The third kappa shape index (κ3) is 5.82. The number of aliphatic hydroxyl groups is 1. The van der Waals surface area contributed by atoms with Crippen LogP contribution in [-0.2, 0) is 11.3 Å². The van der Waals surface area contributed by atoms with Crippen LogP contribution in [0.4, 0.5) is 4.39 Å². The first-order chi connectivity index (χ1) is 13.1. The van der Waals surface area contributed by atoms with Gasteiger partial charge >= 0.3 is 0 Å². The fourth-order valence-electron chi connectivity index (χ4n) is 2.72. The summed E-state index contributed by atoms with van der Waals surface area (Å²) in [5, 5.41) is 10.1. The van der Waals surface area contributed by atoms with Crippen LogP contribution in [0, 0.1) is 5.82 Å². The largest absolute Gasteiger partial charge is 0.489 e. The van der Waals surface area contributed by atoms with Gasteiger partial charge in [0.2, 0.25) is 6.79 Å². The topological polar surface area (TPSA) is 60.4 Å². The third-order valence-corrected chi connectivity index (χ3v) is 4.11. The van der Waals surface area contributed by atoms with Gasteiger partial charge in [-0.2, -0.15) is 0 Å². The van der Waals surface area contributed by atoms with Crippen LogP contribution >= 0.6 is 0 Å². The van der Waals surface area contributed by atoms with E-state index in [-0.39, 0.29) is 25.0 Å². The van der Waals surface area contributed by atoms with E-state index in [0.717, 1.165) is 11.3 Å². The number of fused-ring (bicyclic) bond motifs is 1. The van der Waals surface area contributed by atoms with Crippen molar-refractivity contribution in [1.29, 1.82) is 0 Å². The number of para-hydroxylation sites is 1. The molecule has 1 unspecified atom stereocenters. The summed E-state index contributed by atoms with van der Waals surface area (Å²) in [6, 6.07) is 11.9. The van der Waals surface area contributed by atoms with Gasteiger partial charge in [0.05, 0.1) is 19.3 Å². The van der Waals surface area contributed by atoms with Crippen molar-refractivity contribution < 1.29 is 28.4 Å². The zero-order valence-corrected chi connectivity index (χ0v) is 15.3. The van der Waals surface area contributed by atoms with Gasteiger partial charge in [0.15, 0.2) is 23.1 Å². The van der Waals surface area contributed by atoms with E-state index in [4.69, 9.17) is 18.9 Å². The van der Waals surface area contributed by atoms with Crippen LogP contribution in [-0.4, -0.2) is 56.3 Å². The van der Waals surface area contributed by atoms with Crippen molar-refractivity contribution in [2.24, 2.45) is 0 Å². The molecule has 0 aliphatic carbocycles. The summed E-state index contributed by atoms with van der Waals surface area (Å²) in [4.78, 5) is 1.91. The summed E-state index contributed by atoms with van der Waals surface area (Å²) >= 11 is 0. The second-order valence-corrected chi connectivity index (χ2v) is 6.40. The lowest BCUT2D eigenvalue weighted by molar-refractivity contribution is 0.0123. The van der Waals surface area contributed by atoms with Gasteiger partial charge in [-0.3, -0.25) is 0 Å². The molecule has 27 heavy (non-hydrogen) atoms. The number of hydrogen-bond donors (Lipinski definition) is 1. The molecule has 7 heteroatoms. The van der Waals surface area contributed by atoms with E-state index < -0.39 is 6.10 Å². The highest BCUT2D eigenvalue weighted by molar-refractivity contribution is 5.44. The van der Waals surface area contributed by atoms with Crippen LogP contribution < -0.4 is 14.2 Å². The minimum atomic E-state index is -0.627. The molecule has 2 aromatic carbocycles. The van der Waals surface area contributed by atoms with Crippen molar-refractivity contribution in [2.75, 3.05) is 40.1 Å². The number of benzene rings is 2.